The minimum atomic E-state index is -5.60. The molecule has 0 aliphatic carbocycles. The normalized spacial score (nSPS) is 17.0. The van der Waals surface area contributed by atoms with Crippen LogP contribution in [-0.2, 0) is 45.1 Å². The molecular weight excluding hydrogens is 1200 g/mol. The summed E-state index contributed by atoms with van der Waals surface area (Å²) in [5.41, 5.74) is -2.27. The number of methoxy groups -OCH3 is 2. The molecule has 5 rings (SSSR count). The summed E-state index contributed by atoms with van der Waals surface area (Å²) in [4.78, 5) is 78.3. The van der Waals surface area contributed by atoms with Gasteiger partial charge in [-0.1, -0.05) is 75.4 Å². The molecule has 87 heavy (non-hydrogen) atoms. The maximum Gasteiger partial charge on any atom is 0.471 e. The standard InChI is InChI=1S/C56H68F12N6O12Si/c1-51(2,3)87(6,7)86-43-42(75)41(34-84-52(36-15-9-8-10-16-36,37-17-21-39(82-4)22-18-37)38-19-23-40(83-5)24-20-38)85-45(43)74-33-35(44(76)70-50(74)81)25-32-73(49(80)56(66,67)68)31-14-30-72(48(79)55(63,64)65)28-12-11-27-71(47(78)54(60,61)62)29-13-26-69-46(77)53(57,58)59/h8-10,15-24,33,41-43,45,75H,11-14,25-32,34H2,1-7H3,(H,69,77)(H,70,76,81)/t41-,42-,43-,45-/m1/s1. The van der Waals surface area contributed by atoms with Crippen LogP contribution in [0, 0.1) is 0 Å². The molecule has 2 heterocycles. The van der Waals surface area contributed by atoms with E-state index < -0.39 is 193 Å². The van der Waals surface area contributed by atoms with Gasteiger partial charge in [-0.15, -0.1) is 0 Å². The molecule has 1 aliphatic rings. The van der Waals surface area contributed by atoms with Crippen LogP contribution in [0.25, 0.3) is 0 Å². The first-order chi connectivity index (χ1) is 40.4. The topological polar surface area (TPSA) is 211 Å². The van der Waals surface area contributed by atoms with Gasteiger partial charge in [0.05, 0.1) is 20.8 Å². The van der Waals surface area contributed by atoms with Crippen LogP contribution in [0.1, 0.15) is 74.9 Å². The Bertz CT molecular complexity index is 3020. The molecule has 1 fully saturated rings. The molecule has 0 unspecified atom stereocenters. The van der Waals surface area contributed by atoms with Crippen LogP contribution in [0.4, 0.5) is 52.7 Å². The first-order valence-electron chi connectivity index (χ1n) is 27.1. The van der Waals surface area contributed by atoms with Gasteiger partial charge in [0.25, 0.3) is 5.56 Å². The quantitative estimate of drug-likeness (QED) is 0.0224. The van der Waals surface area contributed by atoms with Crippen LogP contribution in [0.2, 0.25) is 18.1 Å². The Morgan fingerprint density at radius 3 is 1.51 bits per heavy atom. The highest BCUT2D eigenvalue weighted by Crippen LogP contribution is 2.45. The third-order valence-corrected chi connectivity index (χ3v) is 19.3. The lowest BCUT2D eigenvalue weighted by atomic mass is 9.80. The number of alkyl halides is 12. The van der Waals surface area contributed by atoms with Crippen LogP contribution < -0.4 is 26.0 Å². The van der Waals surface area contributed by atoms with E-state index in [1.165, 1.54) is 19.5 Å². The highest BCUT2D eigenvalue weighted by atomic mass is 28.4. The molecular formula is C56H68F12N6O12Si. The number of aliphatic hydroxyl groups excluding tert-OH is 1. The summed E-state index contributed by atoms with van der Waals surface area (Å²) in [6.07, 6.45) is -30.2. The minimum Gasteiger partial charge on any atom is -0.497 e. The summed E-state index contributed by atoms with van der Waals surface area (Å²) in [5, 5.41) is 13.2. The second-order valence-corrected chi connectivity index (χ2v) is 26.6. The summed E-state index contributed by atoms with van der Waals surface area (Å²) >= 11 is 0. The highest BCUT2D eigenvalue weighted by Gasteiger charge is 2.53. The molecule has 482 valence electrons. The van der Waals surface area contributed by atoms with Crippen molar-refractivity contribution in [2.45, 2.75) is 126 Å². The van der Waals surface area contributed by atoms with Crippen molar-refractivity contribution in [3.63, 3.8) is 0 Å². The molecule has 4 aromatic rings. The van der Waals surface area contributed by atoms with E-state index in [1.54, 1.807) is 66.7 Å². The Hall–Kier alpha value is -6.96. The van der Waals surface area contributed by atoms with Crippen molar-refractivity contribution in [3.05, 3.63) is 128 Å². The lowest BCUT2D eigenvalue weighted by Gasteiger charge is -2.40. The first kappa shape index (κ1) is 70.8. The van der Waals surface area contributed by atoms with Gasteiger partial charge in [-0.25, -0.2) is 4.79 Å². The van der Waals surface area contributed by atoms with Crippen molar-refractivity contribution in [2.75, 3.05) is 66.6 Å². The number of hydrogen-bond donors (Lipinski definition) is 3. The number of hydrogen-bond acceptors (Lipinski definition) is 12. The molecule has 0 bridgehead atoms. The van der Waals surface area contributed by atoms with Gasteiger partial charge in [-0.3, -0.25) is 33.5 Å². The van der Waals surface area contributed by atoms with Gasteiger partial charge < -0.3 is 48.5 Å². The molecule has 1 aliphatic heterocycles. The number of rotatable bonds is 27. The fourth-order valence-corrected chi connectivity index (χ4v) is 10.6. The van der Waals surface area contributed by atoms with Crippen LogP contribution >= 0.6 is 0 Å². The molecule has 3 aromatic carbocycles. The van der Waals surface area contributed by atoms with Gasteiger partial charge in [0.1, 0.15) is 35.4 Å². The van der Waals surface area contributed by atoms with E-state index in [2.05, 4.69) is 4.98 Å². The van der Waals surface area contributed by atoms with E-state index in [-0.39, 0.29) is 14.7 Å². The van der Waals surface area contributed by atoms with E-state index in [0.29, 0.717) is 28.2 Å². The number of aromatic nitrogens is 2. The van der Waals surface area contributed by atoms with Gasteiger partial charge in [0.15, 0.2) is 14.5 Å². The van der Waals surface area contributed by atoms with Crippen molar-refractivity contribution in [2.24, 2.45) is 0 Å². The molecule has 0 spiro atoms. The predicted molar refractivity (Wildman–Crippen MR) is 291 cm³/mol. The summed E-state index contributed by atoms with van der Waals surface area (Å²) in [5.74, 6) is -8.87. The SMILES string of the molecule is COc1ccc(C(OC[C@H]2O[C@@H](n3cc(CCN(CCCN(CCCCN(CCCNC(=O)C(F)(F)F)C(=O)C(F)(F)F)C(=O)C(F)(F)F)C(=O)C(F)(F)F)c(=O)[nH]c3=O)[C@H](O[Si](C)(C)C(C)(C)C)[C@@H]2O)(c2ccccc2)c2ccc(OC)cc2)cc1. The predicted octanol–water partition coefficient (Wildman–Crippen LogP) is 8.17. The average Bonchev–Trinajstić information content (AvgIpc) is 1.74. The summed E-state index contributed by atoms with van der Waals surface area (Å²) in [7, 11) is 0.0494. The number of carbonyl (C=O) groups is 4. The lowest BCUT2D eigenvalue weighted by molar-refractivity contribution is -0.187. The Balaban J connectivity index is 1.41. The summed E-state index contributed by atoms with van der Waals surface area (Å²) in [6, 6.07) is 23.1. The number of aliphatic hydroxyl groups is 1. The van der Waals surface area contributed by atoms with Crippen LogP contribution in [-0.4, -0.2) is 171 Å². The summed E-state index contributed by atoms with van der Waals surface area (Å²) in [6.45, 7) is 2.58. The number of nitrogens with zero attached hydrogens (tertiary/aromatic N) is 4. The van der Waals surface area contributed by atoms with Crippen molar-refractivity contribution in [1.29, 1.82) is 0 Å². The Morgan fingerprint density at radius 2 is 1.07 bits per heavy atom. The Morgan fingerprint density at radius 1 is 0.632 bits per heavy atom. The number of halogens is 12. The number of amides is 4. The van der Waals surface area contributed by atoms with Gasteiger partial charge >= 0.3 is 54.0 Å². The number of nitrogens with one attached hydrogen (secondary N) is 2. The van der Waals surface area contributed by atoms with E-state index in [4.69, 9.17) is 23.4 Å². The lowest BCUT2D eigenvalue weighted by Crippen LogP contribution is -2.50. The zero-order chi connectivity index (χ0) is 65.1. The molecule has 0 saturated carbocycles. The maximum atomic E-state index is 14.1. The average molecular weight is 1270 g/mol. The molecule has 3 N–H and O–H groups in total. The third kappa shape index (κ3) is 18.3. The van der Waals surface area contributed by atoms with E-state index in [9.17, 15) is 86.6 Å². The zero-order valence-corrected chi connectivity index (χ0v) is 49.3. The van der Waals surface area contributed by atoms with Crippen LogP contribution in [0.15, 0.2) is 94.6 Å². The van der Waals surface area contributed by atoms with Gasteiger partial charge in [-0.2, -0.15) is 52.7 Å². The molecule has 31 heteroatoms. The molecule has 0 radical (unpaired) electrons. The first-order valence-corrected chi connectivity index (χ1v) is 30.1. The third-order valence-electron chi connectivity index (χ3n) is 14.9. The Kier molecular flexibility index (Phi) is 23.5. The minimum absolute atomic E-state index is 0.107. The smallest absolute Gasteiger partial charge is 0.471 e. The van der Waals surface area contributed by atoms with E-state index in [0.717, 1.165) is 10.8 Å². The molecule has 4 atom stereocenters. The Labute approximate surface area is 492 Å². The molecule has 1 aromatic heterocycles. The fourth-order valence-electron chi connectivity index (χ4n) is 9.27. The van der Waals surface area contributed by atoms with E-state index in [1.807, 2.05) is 46.0 Å². The number of carbonyl (C=O) groups excluding carboxylic acids is 4. The monoisotopic (exact) mass is 1270 g/mol. The van der Waals surface area contributed by atoms with Gasteiger partial charge in [0.2, 0.25) is 0 Å². The maximum absolute atomic E-state index is 14.1. The molecule has 4 amide bonds. The number of benzene rings is 3. The largest absolute Gasteiger partial charge is 0.497 e. The van der Waals surface area contributed by atoms with Crippen molar-refractivity contribution in [1.82, 2.24) is 29.6 Å². The second-order valence-electron chi connectivity index (χ2n) is 21.8. The number of H-pyrrole nitrogens is 1. The van der Waals surface area contributed by atoms with Crippen LogP contribution in [0.3, 0.4) is 0 Å². The fraction of sp³-hybridized carbons (Fsp3) is 0.536. The molecule has 18 nitrogen and oxygen atoms in total. The van der Waals surface area contributed by atoms with Crippen molar-refractivity contribution in [3.8, 4) is 11.5 Å². The molecule has 1 saturated heterocycles. The number of unbranched alkanes of at least 4 members (excludes halogenated alkanes) is 1. The summed E-state index contributed by atoms with van der Waals surface area (Å²) < 4.78 is 194. The zero-order valence-electron chi connectivity index (χ0n) is 48.3. The van der Waals surface area contributed by atoms with Gasteiger partial charge in [0, 0.05) is 57.6 Å². The number of aromatic amines is 1. The van der Waals surface area contributed by atoms with Crippen molar-refractivity contribution >= 4 is 31.9 Å². The number of ether oxygens (including phenoxy) is 4. The van der Waals surface area contributed by atoms with Crippen molar-refractivity contribution < 1.29 is 100 Å². The van der Waals surface area contributed by atoms with E-state index >= 15 is 0 Å². The van der Waals surface area contributed by atoms with Gasteiger partial charge in [-0.05, 0) is 91.2 Å². The van der Waals surface area contributed by atoms with Crippen LogP contribution in [0.5, 0.6) is 11.5 Å². The second kappa shape index (κ2) is 28.9. The highest BCUT2D eigenvalue weighted by molar-refractivity contribution is 6.74.